The van der Waals surface area contributed by atoms with Gasteiger partial charge in [-0.2, -0.15) is 13.2 Å². The van der Waals surface area contributed by atoms with Crippen molar-refractivity contribution >= 4 is 9.84 Å². The van der Waals surface area contributed by atoms with E-state index in [1.807, 2.05) is 0 Å². The lowest BCUT2D eigenvalue weighted by Gasteiger charge is -2.18. The minimum atomic E-state index is -4.81. The number of aromatic nitrogens is 2. The summed E-state index contributed by atoms with van der Waals surface area (Å²) in [7, 11) is -2.66. The van der Waals surface area contributed by atoms with Crippen molar-refractivity contribution in [3.63, 3.8) is 0 Å². The molecule has 140 valence electrons. The Balaban J connectivity index is 2.07. The summed E-state index contributed by atoms with van der Waals surface area (Å²) in [5, 5.41) is -0.879. The van der Waals surface area contributed by atoms with Crippen molar-refractivity contribution in [3.8, 4) is 11.3 Å². The largest absolute Gasteiger partial charge is 0.417 e. The molecule has 2 unspecified atom stereocenters. The zero-order valence-electron chi connectivity index (χ0n) is 13.9. The van der Waals surface area contributed by atoms with Crippen LogP contribution >= 0.6 is 0 Å². The molecule has 0 bridgehead atoms. The standard InChI is InChI=1S/C17H17F3N2O3S/c1-25-12-3-4-13(9-12)26(23,24)16-5-2-11(8-14(16)17(18,19)20)15-10-21-6-7-22-15/h2,5-8,10,12-13H,3-4,9H2,1H3. The normalized spacial score (nSPS) is 21.1. The summed E-state index contributed by atoms with van der Waals surface area (Å²) in [5.74, 6) is 0. The topological polar surface area (TPSA) is 69.2 Å². The molecule has 1 aliphatic rings. The third kappa shape index (κ3) is 3.59. The van der Waals surface area contributed by atoms with Crippen molar-refractivity contribution in [3.05, 3.63) is 42.4 Å². The van der Waals surface area contributed by atoms with Crippen LogP contribution in [0, 0.1) is 0 Å². The van der Waals surface area contributed by atoms with E-state index in [0.29, 0.717) is 6.42 Å². The molecule has 0 spiro atoms. The number of sulfone groups is 1. The van der Waals surface area contributed by atoms with E-state index in [2.05, 4.69) is 9.97 Å². The van der Waals surface area contributed by atoms with Gasteiger partial charge in [0, 0.05) is 25.1 Å². The van der Waals surface area contributed by atoms with Gasteiger partial charge in [-0.05, 0) is 31.4 Å². The van der Waals surface area contributed by atoms with Gasteiger partial charge in [0.2, 0.25) is 0 Å². The molecular formula is C17H17F3N2O3S. The quantitative estimate of drug-likeness (QED) is 0.804. The van der Waals surface area contributed by atoms with E-state index in [-0.39, 0.29) is 30.2 Å². The van der Waals surface area contributed by atoms with Gasteiger partial charge in [-0.1, -0.05) is 6.07 Å². The lowest BCUT2D eigenvalue weighted by atomic mass is 10.1. The SMILES string of the molecule is COC1CCC(S(=O)(=O)c2ccc(-c3cnccn3)cc2C(F)(F)F)C1. The number of nitrogens with zero attached hydrogens (tertiary/aromatic N) is 2. The van der Waals surface area contributed by atoms with Crippen LogP contribution in [0.5, 0.6) is 0 Å². The van der Waals surface area contributed by atoms with Crippen LogP contribution in [0.3, 0.4) is 0 Å². The van der Waals surface area contributed by atoms with E-state index in [0.717, 1.165) is 12.1 Å². The molecule has 0 radical (unpaired) electrons. The molecule has 1 fully saturated rings. The molecule has 9 heteroatoms. The first-order valence-electron chi connectivity index (χ1n) is 7.98. The van der Waals surface area contributed by atoms with Gasteiger partial charge < -0.3 is 4.74 Å². The maximum atomic E-state index is 13.6. The van der Waals surface area contributed by atoms with E-state index in [9.17, 15) is 21.6 Å². The number of methoxy groups -OCH3 is 1. The zero-order valence-corrected chi connectivity index (χ0v) is 14.7. The molecule has 1 heterocycles. The van der Waals surface area contributed by atoms with Crippen molar-refractivity contribution in [2.45, 2.75) is 41.7 Å². The first-order valence-corrected chi connectivity index (χ1v) is 9.52. The van der Waals surface area contributed by atoms with E-state index >= 15 is 0 Å². The van der Waals surface area contributed by atoms with Crippen LogP contribution in [0.1, 0.15) is 24.8 Å². The fourth-order valence-corrected chi connectivity index (χ4v) is 5.20. The molecule has 0 saturated heterocycles. The highest BCUT2D eigenvalue weighted by Crippen LogP contribution is 2.40. The van der Waals surface area contributed by atoms with Crippen LogP contribution in [0.25, 0.3) is 11.3 Å². The van der Waals surface area contributed by atoms with Gasteiger partial charge in [0.25, 0.3) is 0 Å². The Morgan fingerprint density at radius 1 is 1.19 bits per heavy atom. The predicted molar refractivity (Wildman–Crippen MR) is 88.1 cm³/mol. The van der Waals surface area contributed by atoms with Crippen LogP contribution < -0.4 is 0 Å². The molecule has 0 amide bonds. The minimum absolute atomic E-state index is 0.158. The fourth-order valence-electron chi connectivity index (χ4n) is 3.18. The van der Waals surface area contributed by atoms with Crippen molar-refractivity contribution in [2.24, 2.45) is 0 Å². The monoisotopic (exact) mass is 386 g/mol. The van der Waals surface area contributed by atoms with E-state index in [1.54, 1.807) is 0 Å². The third-order valence-electron chi connectivity index (χ3n) is 4.56. The molecule has 2 atom stereocenters. The smallest absolute Gasteiger partial charge is 0.381 e. The van der Waals surface area contributed by atoms with E-state index in [1.165, 1.54) is 31.8 Å². The van der Waals surface area contributed by atoms with Gasteiger partial charge in [0.05, 0.1) is 33.7 Å². The third-order valence-corrected chi connectivity index (χ3v) is 6.83. The number of hydrogen-bond acceptors (Lipinski definition) is 5. The summed E-state index contributed by atoms with van der Waals surface area (Å²) in [5.41, 5.74) is -0.783. The van der Waals surface area contributed by atoms with Gasteiger partial charge in [-0.25, -0.2) is 8.42 Å². The maximum absolute atomic E-state index is 13.6. The summed E-state index contributed by atoms with van der Waals surface area (Å²) >= 11 is 0. The molecule has 1 aromatic carbocycles. The molecule has 26 heavy (non-hydrogen) atoms. The molecule has 3 rings (SSSR count). The molecule has 2 aromatic rings. The Morgan fingerprint density at radius 2 is 1.96 bits per heavy atom. The molecule has 1 aromatic heterocycles. The van der Waals surface area contributed by atoms with Crippen molar-refractivity contribution < 1.29 is 26.3 Å². The summed E-state index contributed by atoms with van der Waals surface area (Å²) in [6.45, 7) is 0. The van der Waals surface area contributed by atoms with Crippen LogP contribution in [0.2, 0.25) is 0 Å². The number of benzene rings is 1. The first-order chi connectivity index (χ1) is 12.2. The van der Waals surface area contributed by atoms with E-state index in [4.69, 9.17) is 4.74 Å². The fraction of sp³-hybridized carbons (Fsp3) is 0.412. The van der Waals surface area contributed by atoms with Crippen LogP contribution in [0.4, 0.5) is 13.2 Å². The second-order valence-electron chi connectivity index (χ2n) is 6.14. The summed E-state index contributed by atoms with van der Waals surface area (Å²) in [6.07, 6.45) is 0.0218. The Morgan fingerprint density at radius 3 is 2.54 bits per heavy atom. The van der Waals surface area contributed by atoms with Gasteiger partial charge in [0.1, 0.15) is 0 Å². The van der Waals surface area contributed by atoms with Crippen molar-refractivity contribution in [2.75, 3.05) is 7.11 Å². The summed E-state index contributed by atoms with van der Waals surface area (Å²) in [6, 6.07) is 3.16. The summed E-state index contributed by atoms with van der Waals surface area (Å²) in [4.78, 5) is 7.10. The van der Waals surface area contributed by atoms with Gasteiger partial charge >= 0.3 is 6.18 Å². The lowest BCUT2D eigenvalue weighted by Crippen LogP contribution is -2.23. The second kappa shape index (κ2) is 6.96. The minimum Gasteiger partial charge on any atom is -0.381 e. The second-order valence-corrected chi connectivity index (χ2v) is 8.33. The molecule has 1 saturated carbocycles. The number of hydrogen-bond donors (Lipinski definition) is 0. The predicted octanol–water partition coefficient (Wildman–Crippen LogP) is 3.50. The van der Waals surface area contributed by atoms with Gasteiger partial charge in [0.15, 0.2) is 9.84 Å². The maximum Gasteiger partial charge on any atom is 0.417 e. The molecule has 5 nitrogen and oxygen atoms in total. The van der Waals surface area contributed by atoms with Crippen LogP contribution in [0.15, 0.2) is 41.7 Å². The molecular weight excluding hydrogens is 369 g/mol. The van der Waals surface area contributed by atoms with E-state index < -0.39 is 31.7 Å². The number of rotatable bonds is 4. The summed E-state index contributed by atoms with van der Waals surface area (Å²) < 4.78 is 71.5. The molecule has 1 aliphatic carbocycles. The Hall–Kier alpha value is -2.00. The highest BCUT2D eigenvalue weighted by molar-refractivity contribution is 7.92. The Kier molecular flexibility index (Phi) is 5.03. The molecule has 0 N–H and O–H groups in total. The Bertz CT molecular complexity index is 886. The average molecular weight is 386 g/mol. The number of alkyl halides is 3. The molecule has 0 aliphatic heterocycles. The highest BCUT2D eigenvalue weighted by atomic mass is 32.2. The lowest BCUT2D eigenvalue weighted by molar-refractivity contribution is -0.139. The van der Waals surface area contributed by atoms with Crippen LogP contribution in [-0.2, 0) is 20.8 Å². The van der Waals surface area contributed by atoms with Crippen molar-refractivity contribution in [1.82, 2.24) is 9.97 Å². The average Bonchev–Trinajstić information content (AvgIpc) is 3.11. The van der Waals surface area contributed by atoms with Crippen molar-refractivity contribution in [1.29, 1.82) is 0 Å². The van der Waals surface area contributed by atoms with Gasteiger partial charge in [-0.3, -0.25) is 9.97 Å². The van der Waals surface area contributed by atoms with Crippen LogP contribution in [-0.4, -0.2) is 36.8 Å². The Labute approximate surface area is 149 Å². The number of halogens is 3. The first kappa shape index (κ1) is 18.8. The highest BCUT2D eigenvalue weighted by Gasteiger charge is 2.42. The zero-order chi connectivity index (χ0) is 18.9. The van der Waals surface area contributed by atoms with Gasteiger partial charge in [-0.15, -0.1) is 0 Å². The number of ether oxygens (including phenoxy) is 1.